The highest BCUT2D eigenvalue weighted by atomic mass is 35.5. The van der Waals surface area contributed by atoms with Crippen molar-refractivity contribution in [1.29, 1.82) is 5.26 Å². The smallest absolute Gasteiger partial charge is 0.265 e. The van der Waals surface area contributed by atoms with Crippen LogP contribution in [-0.2, 0) is 17.8 Å². The molecule has 0 bridgehead atoms. The second-order valence-electron chi connectivity index (χ2n) is 10.2. The van der Waals surface area contributed by atoms with E-state index in [1.165, 1.54) is 12.4 Å². The van der Waals surface area contributed by atoms with E-state index in [9.17, 15) is 10.1 Å². The summed E-state index contributed by atoms with van der Waals surface area (Å²) < 4.78 is 7.76. The third kappa shape index (κ3) is 5.96. The topological polar surface area (TPSA) is 110 Å². The average molecular weight is 613 g/mol. The molecule has 1 aliphatic rings. The first-order valence-corrected chi connectivity index (χ1v) is 14.7. The molecule has 0 atom stereocenters. The minimum atomic E-state index is -0.210. The van der Waals surface area contributed by atoms with Crippen LogP contribution in [0.4, 0.5) is 5.69 Å². The van der Waals surface area contributed by atoms with Crippen molar-refractivity contribution in [3.8, 4) is 22.9 Å². The molecule has 0 aliphatic carbocycles. The van der Waals surface area contributed by atoms with Gasteiger partial charge in [-0.25, -0.2) is 19.6 Å². The maximum absolute atomic E-state index is 12.8. The van der Waals surface area contributed by atoms with Gasteiger partial charge in [-0.15, -0.1) is 23.2 Å². The van der Waals surface area contributed by atoms with E-state index in [1.54, 1.807) is 11.1 Å². The highest BCUT2D eigenvalue weighted by Crippen LogP contribution is 2.41. The fourth-order valence-electron chi connectivity index (χ4n) is 5.06. The van der Waals surface area contributed by atoms with Crippen LogP contribution in [0.5, 0.6) is 5.75 Å². The van der Waals surface area contributed by atoms with Crippen molar-refractivity contribution in [3.05, 3.63) is 58.9 Å². The van der Waals surface area contributed by atoms with E-state index >= 15 is 0 Å². The highest BCUT2D eigenvalue weighted by Gasteiger charge is 2.29. The maximum atomic E-state index is 12.8. The number of nitrogens with zero attached hydrogens (tertiary/aromatic N) is 7. The molecule has 0 N–H and O–H groups in total. The molecule has 212 valence electrons. The summed E-state index contributed by atoms with van der Waals surface area (Å²) in [6.45, 7) is 4.23. The van der Waals surface area contributed by atoms with E-state index in [2.05, 4.69) is 29.9 Å². The quantitative estimate of drug-likeness (QED) is 0.192. The number of rotatable bonds is 10. The fraction of sp³-hybridized carbons (Fsp3) is 0.379. The van der Waals surface area contributed by atoms with E-state index < -0.39 is 0 Å². The van der Waals surface area contributed by atoms with Gasteiger partial charge in [0.1, 0.15) is 17.6 Å². The van der Waals surface area contributed by atoms with E-state index in [0.29, 0.717) is 70.2 Å². The van der Waals surface area contributed by atoms with Gasteiger partial charge in [0.05, 0.1) is 40.8 Å². The predicted octanol–water partition coefficient (Wildman–Crippen LogP) is 6.34. The van der Waals surface area contributed by atoms with Gasteiger partial charge in [-0.3, -0.25) is 9.69 Å². The Morgan fingerprint density at radius 1 is 1.12 bits per heavy atom. The number of ether oxygens (including phenoxy) is 1. The Balaban J connectivity index is 1.64. The maximum Gasteiger partial charge on any atom is 0.265 e. The molecule has 41 heavy (non-hydrogen) atoms. The van der Waals surface area contributed by atoms with Crippen molar-refractivity contribution < 1.29 is 9.53 Å². The summed E-state index contributed by atoms with van der Waals surface area (Å²) in [6.07, 6.45) is 6.75. The number of carbonyl (C=O) groups is 1. The second-order valence-corrected chi connectivity index (χ2v) is 11.4. The van der Waals surface area contributed by atoms with Crippen LogP contribution in [0.1, 0.15) is 49.8 Å². The average Bonchev–Trinajstić information content (AvgIpc) is 3.37. The van der Waals surface area contributed by atoms with Crippen molar-refractivity contribution >= 4 is 57.4 Å². The number of pyridine rings is 1. The number of halogens is 3. The number of benzene rings is 1. The third-order valence-corrected chi connectivity index (χ3v) is 7.56. The van der Waals surface area contributed by atoms with Gasteiger partial charge in [0, 0.05) is 35.1 Å². The van der Waals surface area contributed by atoms with Gasteiger partial charge in [-0.05, 0) is 42.9 Å². The number of fused-ring (bicyclic) bond motifs is 2. The molecule has 9 nitrogen and oxygen atoms in total. The molecular weight excluding hydrogens is 585 g/mol. The molecule has 0 radical (unpaired) electrons. The Morgan fingerprint density at radius 3 is 2.51 bits per heavy atom. The van der Waals surface area contributed by atoms with Crippen LogP contribution in [0.2, 0.25) is 5.02 Å². The summed E-state index contributed by atoms with van der Waals surface area (Å²) >= 11 is 18.2. The van der Waals surface area contributed by atoms with Crippen LogP contribution in [0.15, 0.2) is 36.8 Å². The summed E-state index contributed by atoms with van der Waals surface area (Å²) in [7, 11) is 0. The Hall–Kier alpha value is -3.45. The van der Waals surface area contributed by atoms with Crippen LogP contribution >= 0.6 is 34.8 Å². The zero-order valence-corrected chi connectivity index (χ0v) is 24.9. The zero-order valence-electron chi connectivity index (χ0n) is 22.6. The normalized spacial score (nSPS) is 13.1. The molecule has 0 saturated carbocycles. The number of aromatic nitrogens is 5. The second kappa shape index (κ2) is 12.6. The molecule has 1 amide bonds. The number of amides is 1. The fourth-order valence-corrected chi connectivity index (χ4v) is 5.67. The molecule has 4 heterocycles. The highest BCUT2D eigenvalue weighted by molar-refractivity contribution is 6.30. The third-order valence-electron chi connectivity index (χ3n) is 6.93. The van der Waals surface area contributed by atoms with Crippen molar-refractivity contribution in [2.75, 3.05) is 23.3 Å². The SMILES string of the molecule is CC(C)Cc1nc2c(cnn2C(CCCl)CCCl)c(-c2ccc3c(c2)OCC(=O)N3Cc2ncc(Cl)cn2)c1C#N. The minimum Gasteiger partial charge on any atom is -0.482 e. The first-order chi connectivity index (χ1) is 19.8. The van der Waals surface area contributed by atoms with Gasteiger partial charge in [0.25, 0.3) is 5.91 Å². The molecule has 5 rings (SSSR count). The van der Waals surface area contributed by atoms with Crippen LogP contribution in [0.25, 0.3) is 22.2 Å². The number of alkyl halides is 2. The van der Waals surface area contributed by atoms with Crippen molar-refractivity contribution in [2.24, 2.45) is 5.92 Å². The molecule has 3 aromatic heterocycles. The molecule has 0 spiro atoms. The summed E-state index contributed by atoms with van der Waals surface area (Å²) in [4.78, 5) is 27.8. The lowest BCUT2D eigenvalue weighted by molar-refractivity contribution is -0.121. The Labute approximate surface area is 253 Å². The van der Waals surface area contributed by atoms with Crippen LogP contribution in [-0.4, -0.2) is 49.0 Å². The number of anilines is 1. The number of nitriles is 1. The lowest BCUT2D eigenvalue weighted by atomic mass is 9.93. The lowest BCUT2D eigenvalue weighted by Crippen LogP contribution is -2.38. The number of carbonyl (C=O) groups excluding carboxylic acids is 1. The largest absolute Gasteiger partial charge is 0.482 e. The van der Waals surface area contributed by atoms with Crippen molar-refractivity contribution in [1.82, 2.24) is 24.7 Å². The molecule has 4 aromatic rings. The standard InChI is InChI=1S/C29H28Cl3N7O2/c1-17(2)9-23-21(11-33)28(22-14-36-39(29(22)37-23)20(5-7-30)6-8-31)18-3-4-24-25(10-18)41-16-27(40)38(24)15-26-34-12-19(32)13-35-26/h3-4,10,12-14,17,20H,5-9,15-16H2,1-2H3. The summed E-state index contributed by atoms with van der Waals surface area (Å²) in [5.74, 6) is 1.96. The molecule has 0 saturated heterocycles. The van der Waals surface area contributed by atoms with Crippen LogP contribution < -0.4 is 9.64 Å². The van der Waals surface area contributed by atoms with E-state index in [4.69, 9.17) is 49.6 Å². The predicted molar refractivity (Wildman–Crippen MR) is 160 cm³/mol. The van der Waals surface area contributed by atoms with Gasteiger partial charge in [0.2, 0.25) is 0 Å². The minimum absolute atomic E-state index is 0.0239. The van der Waals surface area contributed by atoms with Gasteiger partial charge in [-0.2, -0.15) is 10.4 Å². The number of hydrogen-bond donors (Lipinski definition) is 0. The number of hydrogen-bond acceptors (Lipinski definition) is 7. The van der Waals surface area contributed by atoms with E-state index in [1.807, 2.05) is 22.9 Å². The van der Waals surface area contributed by atoms with Gasteiger partial charge in [0.15, 0.2) is 12.3 Å². The van der Waals surface area contributed by atoms with Crippen molar-refractivity contribution in [2.45, 2.75) is 45.7 Å². The van der Waals surface area contributed by atoms with Gasteiger partial charge in [-0.1, -0.05) is 31.5 Å². The lowest BCUT2D eigenvalue weighted by Gasteiger charge is -2.29. The van der Waals surface area contributed by atoms with Crippen LogP contribution in [0, 0.1) is 17.2 Å². The Kier molecular flexibility index (Phi) is 8.93. The first kappa shape index (κ1) is 29.1. The molecule has 0 unspecified atom stereocenters. The van der Waals surface area contributed by atoms with E-state index in [-0.39, 0.29) is 31.0 Å². The Bertz CT molecular complexity index is 1610. The van der Waals surface area contributed by atoms with Crippen molar-refractivity contribution in [3.63, 3.8) is 0 Å². The zero-order chi connectivity index (χ0) is 29.1. The molecular formula is C29H28Cl3N7O2. The molecule has 1 aromatic carbocycles. The Morgan fingerprint density at radius 2 is 1.85 bits per heavy atom. The molecule has 12 heteroatoms. The summed E-state index contributed by atoms with van der Waals surface area (Å²) in [5, 5.41) is 16.2. The molecule has 1 aliphatic heterocycles. The first-order valence-electron chi connectivity index (χ1n) is 13.3. The monoisotopic (exact) mass is 611 g/mol. The van der Waals surface area contributed by atoms with Crippen LogP contribution in [0.3, 0.4) is 0 Å². The van der Waals surface area contributed by atoms with Gasteiger partial charge >= 0.3 is 0 Å². The van der Waals surface area contributed by atoms with Gasteiger partial charge < -0.3 is 4.74 Å². The van der Waals surface area contributed by atoms with E-state index in [0.717, 1.165) is 16.5 Å². The summed E-state index contributed by atoms with van der Waals surface area (Å²) in [6, 6.07) is 7.95. The summed E-state index contributed by atoms with van der Waals surface area (Å²) in [5.41, 5.74) is 3.97. The molecule has 0 fully saturated rings.